The van der Waals surface area contributed by atoms with Crippen LogP contribution in [0.1, 0.15) is 23.2 Å². The summed E-state index contributed by atoms with van der Waals surface area (Å²) in [6, 6.07) is 8.20. The third kappa shape index (κ3) is 3.67. The van der Waals surface area contributed by atoms with Gasteiger partial charge in [0.05, 0.1) is 18.2 Å². The van der Waals surface area contributed by atoms with E-state index in [1.54, 1.807) is 0 Å². The van der Waals surface area contributed by atoms with Gasteiger partial charge in [-0.1, -0.05) is 12.1 Å². The Morgan fingerprint density at radius 2 is 1.96 bits per heavy atom. The van der Waals surface area contributed by atoms with E-state index in [4.69, 9.17) is 4.74 Å². The number of hydrogen-bond acceptors (Lipinski definition) is 4. The van der Waals surface area contributed by atoms with Crippen LogP contribution in [0.5, 0.6) is 0 Å². The van der Waals surface area contributed by atoms with Crippen LogP contribution < -0.4 is 4.90 Å². The monoisotopic (exact) mass is 317 g/mol. The Bertz CT molecular complexity index is 535. The molecule has 0 aromatic heterocycles. The predicted octanol–water partition coefficient (Wildman–Crippen LogP) is 1.69. The number of rotatable bonds is 3. The highest BCUT2D eigenvalue weighted by Crippen LogP contribution is 2.24. The number of para-hydroxylation sites is 1. The van der Waals surface area contributed by atoms with Gasteiger partial charge in [-0.15, -0.1) is 0 Å². The van der Waals surface area contributed by atoms with Crippen molar-refractivity contribution < 1.29 is 9.53 Å². The van der Waals surface area contributed by atoms with Crippen molar-refractivity contribution in [3.63, 3.8) is 0 Å². The molecular formula is C18H27N3O2. The van der Waals surface area contributed by atoms with Gasteiger partial charge in [-0.3, -0.25) is 4.79 Å². The lowest BCUT2D eigenvalue weighted by molar-refractivity contribution is 0.0245. The molecule has 0 bridgehead atoms. The SMILES string of the molecule is CN1CCN(c2ccccc2C(=O)N(C)C2CCCOC2)CC1. The molecule has 0 aliphatic carbocycles. The Morgan fingerprint density at radius 1 is 1.22 bits per heavy atom. The predicted molar refractivity (Wildman–Crippen MR) is 92.1 cm³/mol. The number of carbonyl (C=O) groups is 1. The van der Waals surface area contributed by atoms with Gasteiger partial charge in [0.25, 0.3) is 5.91 Å². The molecule has 5 heteroatoms. The van der Waals surface area contributed by atoms with Gasteiger partial charge < -0.3 is 19.4 Å². The second-order valence-electron chi connectivity index (χ2n) is 6.59. The van der Waals surface area contributed by atoms with E-state index in [-0.39, 0.29) is 11.9 Å². The molecule has 3 rings (SSSR count). The maximum Gasteiger partial charge on any atom is 0.256 e. The van der Waals surface area contributed by atoms with E-state index in [0.29, 0.717) is 6.61 Å². The molecule has 1 aromatic rings. The molecule has 5 nitrogen and oxygen atoms in total. The highest BCUT2D eigenvalue weighted by atomic mass is 16.5. The molecule has 0 N–H and O–H groups in total. The van der Waals surface area contributed by atoms with E-state index < -0.39 is 0 Å². The number of likely N-dealkylation sites (N-methyl/N-ethyl adjacent to an activating group) is 2. The summed E-state index contributed by atoms with van der Waals surface area (Å²) in [5, 5.41) is 0. The molecule has 1 aromatic carbocycles. The lowest BCUT2D eigenvalue weighted by Gasteiger charge is -2.36. The second-order valence-corrected chi connectivity index (χ2v) is 6.59. The van der Waals surface area contributed by atoms with Crippen molar-refractivity contribution in [2.45, 2.75) is 18.9 Å². The molecule has 0 saturated carbocycles. The standard InChI is InChI=1S/C18H27N3O2/c1-19-9-11-21(12-10-19)17-8-4-3-7-16(17)18(22)20(2)15-6-5-13-23-14-15/h3-4,7-8,15H,5-6,9-14H2,1-2H3. The van der Waals surface area contributed by atoms with Crippen LogP contribution in [0.25, 0.3) is 0 Å². The van der Waals surface area contributed by atoms with E-state index >= 15 is 0 Å². The van der Waals surface area contributed by atoms with Crippen LogP contribution in [0.2, 0.25) is 0 Å². The third-order valence-electron chi connectivity index (χ3n) is 4.98. The summed E-state index contributed by atoms with van der Waals surface area (Å²) >= 11 is 0. The normalized spacial score (nSPS) is 22.9. The number of amides is 1. The number of ether oxygens (including phenoxy) is 1. The molecule has 2 aliphatic rings. The fourth-order valence-electron chi connectivity index (χ4n) is 3.36. The molecule has 2 aliphatic heterocycles. The molecule has 0 radical (unpaired) electrons. The van der Waals surface area contributed by atoms with E-state index in [2.05, 4.69) is 22.9 Å². The molecule has 126 valence electrons. The topological polar surface area (TPSA) is 36.0 Å². The summed E-state index contributed by atoms with van der Waals surface area (Å²) in [4.78, 5) is 19.5. The van der Waals surface area contributed by atoms with Crippen molar-refractivity contribution in [2.24, 2.45) is 0 Å². The van der Waals surface area contributed by atoms with Gasteiger partial charge in [-0.2, -0.15) is 0 Å². The number of hydrogen-bond donors (Lipinski definition) is 0. The molecule has 2 heterocycles. The highest BCUT2D eigenvalue weighted by molar-refractivity contribution is 5.99. The van der Waals surface area contributed by atoms with Crippen LogP contribution in [-0.4, -0.2) is 75.2 Å². The van der Waals surface area contributed by atoms with Crippen LogP contribution in [0.15, 0.2) is 24.3 Å². The zero-order valence-electron chi connectivity index (χ0n) is 14.2. The molecule has 23 heavy (non-hydrogen) atoms. The molecule has 0 spiro atoms. The van der Waals surface area contributed by atoms with E-state index in [1.807, 2.05) is 30.1 Å². The largest absolute Gasteiger partial charge is 0.379 e. The van der Waals surface area contributed by atoms with Crippen LogP contribution in [0.4, 0.5) is 5.69 Å². The molecular weight excluding hydrogens is 290 g/mol. The Balaban J connectivity index is 1.77. The number of carbonyl (C=O) groups excluding carboxylic acids is 1. The van der Waals surface area contributed by atoms with Gasteiger partial charge in [0, 0.05) is 45.5 Å². The van der Waals surface area contributed by atoms with Crippen molar-refractivity contribution in [3.05, 3.63) is 29.8 Å². The van der Waals surface area contributed by atoms with Gasteiger partial charge in [0.1, 0.15) is 0 Å². The minimum Gasteiger partial charge on any atom is -0.379 e. The van der Waals surface area contributed by atoms with Crippen molar-refractivity contribution in [1.29, 1.82) is 0 Å². The third-order valence-corrected chi connectivity index (χ3v) is 4.98. The number of anilines is 1. The second kappa shape index (κ2) is 7.32. The van der Waals surface area contributed by atoms with Crippen molar-refractivity contribution in [2.75, 3.05) is 58.4 Å². The molecule has 1 atom stereocenters. The van der Waals surface area contributed by atoms with Crippen LogP contribution >= 0.6 is 0 Å². The first-order valence-electron chi connectivity index (χ1n) is 8.54. The van der Waals surface area contributed by atoms with Gasteiger partial charge in [-0.05, 0) is 32.0 Å². The zero-order valence-corrected chi connectivity index (χ0v) is 14.2. The first-order valence-corrected chi connectivity index (χ1v) is 8.54. The van der Waals surface area contributed by atoms with Gasteiger partial charge >= 0.3 is 0 Å². The number of piperazine rings is 1. The van der Waals surface area contributed by atoms with Crippen molar-refractivity contribution in [1.82, 2.24) is 9.80 Å². The number of benzene rings is 1. The summed E-state index contributed by atoms with van der Waals surface area (Å²) in [7, 11) is 4.05. The summed E-state index contributed by atoms with van der Waals surface area (Å²) in [5.74, 6) is 0.107. The molecule has 2 saturated heterocycles. The summed E-state index contributed by atoms with van der Waals surface area (Å²) in [6.45, 7) is 5.48. The molecule has 2 fully saturated rings. The van der Waals surface area contributed by atoms with Crippen LogP contribution in [-0.2, 0) is 4.74 Å². The first kappa shape index (κ1) is 16.3. The van der Waals surface area contributed by atoms with E-state index in [1.165, 1.54) is 0 Å². The Kier molecular flexibility index (Phi) is 5.18. The van der Waals surface area contributed by atoms with Crippen LogP contribution in [0.3, 0.4) is 0 Å². The Hall–Kier alpha value is -1.59. The molecule has 1 amide bonds. The summed E-state index contributed by atoms with van der Waals surface area (Å²) < 4.78 is 5.54. The Labute approximate surface area is 138 Å². The maximum absolute atomic E-state index is 13.0. The minimum atomic E-state index is 0.107. The van der Waals surface area contributed by atoms with Gasteiger partial charge in [0.15, 0.2) is 0 Å². The number of nitrogens with zero attached hydrogens (tertiary/aromatic N) is 3. The average molecular weight is 317 g/mol. The maximum atomic E-state index is 13.0. The fourth-order valence-corrected chi connectivity index (χ4v) is 3.36. The fraction of sp³-hybridized carbons (Fsp3) is 0.611. The summed E-state index contributed by atoms with van der Waals surface area (Å²) in [5.41, 5.74) is 1.87. The van der Waals surface area contributed by atoms with E-state index in [9.17, 15) is 4.79 Å². The zero-order chi connectivity index (χ0) is 16.2. The van der Waals surface area contributed by atoms with Crippen molar-refractivity contribution in [3.8, 4) is 0 Å². The average Bonchev–Trinajstić information content (AvgIpc) is 2.62. The minimum absolute atomic E-state index is 0.107. The smallest absolute Gasteiger partial charge is 0.256 e. The van der Waals surface area contributed by atoms with Crippen molar-refractivity contribution >= 4 is 11.6 Å². The molecule has 1 unspecified atom stereocenters. The lowest BCUT2D eigenvalue weighted by atomic mass is 10.1. The van der Waals surface area contributed by atoms with Gasteiger partial charge in [-0.25, -0.2) is 0 Å². The van der Waals surface area contributed by atoms with E-state index in [0.717, 1.165) is 56.9 Å². The lowest BCUT2D eigenvalue weighted by Crippen LogP contribution is -2.46. The Morgan fingerprint density at radius 3 is 2.65 bits per heavy atom. The van der Waals surface area contributed by atoms with Crippen LogP contribution in [0, 0.1) is 0 Å². The quantitative estimate of drug-likeness (QED) is 0.850. The van der Waals surface area contributed by atoms with Gasteiger partial charge in [0.2, 0.25) is 0 Å². The summed E-state index contributed by atoms with van der Waals surface area (Å²) in [6.07, 6.45) is 2.06. The highest BCUT2D eigenvalue weighted by Gasteiger charge is 2.26. The first-order chi connectivity index (χ1) is 11.2.